The molecule has 0 radical (unpaired) electrons. The van der Waals surface area contributed by atoms with Crippen molar-refractivity contribution in [3.8, 4) is 0 Å². The quantitative estimate of drug-likeness (QED) is 0.201. The van der Waals surface area contributed by atoms with Gasteiger partial charge in [0.2, 0.25) is 0 Å². The second-order valence-corrected chi connectivity index (χ2v) is 9.15. The number of ketones is 1. The third kappa shape index (κ3) is 3.58. The van der Waals surface area contributed by atoms with E-state index in [2.05, 4.69) is 18.8 Å². The number of carbonyl (C=O) groups is 2. The molecule has 5 rings (SSSR count). The van der Waals surface area contributed by atoms with Crippen molar-refractivity contribution in [1.29, 1.82) is 0 Å². The molecule has 6 heteroatoms. The maximum atomic E-state index is 13.4. The molecular formula is C28H23ClN2O3. The summed E-state index contributed by atoms with van der Waals surface area (Å²) in [6.07, 6.45) is 1.79. The number of aliphatic hydroxyl groups excluding tert-OH is 1. The molecule has 1 aliphatic heterocycles. The lowest BCUT2D eigenvalue weighted by Crippen LogP contribution is -2.29. The van der Waals surface area contributed by atoms with Crippen LogP contribution in [0.1, 0.15) is 42.5 Å². The zero-order valence-corrected chi connectivity index (χ0v) is 19.5. The number of rotatable bonds is 4. The number of nitrogens with zero attached hydrogens (tertiary/aromatic N) is 1. The largest absolute Gasteiger partial charge is 0.507 e. The van der Waals surface area contributed by atoms with Crippen molar-refractivity contribution in [3.05, 3.63) is 106 Å². The Morgan fingerprint density at radius 2 is 1.74 bits per heavy atom. The molecule has 1 fully saturated rings. The summed E-state index contributed by atoms with van der Waals surface area (Å²) < 4.78 is 0. The van der Waals surface area contributed by atoms with Gasteiger partial charge in [0.15, 0.2) is 0 Å². The number of H-pyrrole nitrogens is 1. The number of benzene rings is 3. The van der Waals surface area contributed by atoms with Gasteiger partial charge in [-0.2, -0.15) is 0 Å². The average molecular weight is 471 g/mol. The molecule has 1 amide bonds. The zero-order chi connectivity index (χ0) is 24.0. The maximum Gasteiger partial charge on any atom is 0.300 e. The first-order valence-electron chi connectivity index (χ1n) is 11.1. The molecule has 1 aromatic heterocycles. The van der Waals surface area contributed by atoms with Gasteiger partial charge in [-0.15, -0.1) is 0 Å². The monoisotopic (exact) mass is 470 g/mol. The maximum absolute atomic E-state index is 13.4. The van der Waals surface area contributed by atoms with Gasteiger partial charge in [-0.1, -0.05) is 67.9 Å². The number of fused-ring (bicyclic) bond motifs is 1. The molecule has 170 valence electrons. The second-order valence-electron chi connectivity index (χ2n) is 8.72. The third-order valence-electron chi connectivity index (χ3n) is 6.30. The van der Waals surface area contributed by atoms with E-state index in [9.17, 15) is 14.7 Å². The number of amides is 1. The number of carbonyl (C=O) groups excluding carboxylic acids is 2. The summed E-state index contributed by atoms with van der Waals surface area (Å²) in [6.45, 7) is 4.19. The summed E-state index contributed by atoms with van der Waals surface area (Å²) in [5.74, 6) is -1.34. The number of Topliss-reactive ketones (excluding diaryl/α,β-unsaturated/α-hetero) is 1. The molecule has 0 spiro atoms. The zero-order valence-electron chi connectivity index (χ0n) is 18.7. The molecule has 4 aromatic rings. The van der Waals surface area contributed by atoms with E-state index in [1.807, 2.05) is 48.5 Å². The number of halogens is 1. The van der Waals surface area contributed by atoms with E-state index in [0.29, 0.717) is 22.2 Å². The van der Waals surface area contributed by atoms with Crippen molar-refractivity contribution in [1.82, 2.24) is 4.98 Å². The van der Waals surface area contributed by atoms with E-state index in [0.717, 1.165) is 22.0 Å². The van der Waals surface area contributed by atoms with Gasteiger partial charge in [0, 0.05) is 38.9 Å². The molecule has 0 aliphatic carbocycles. The average Bonchev–Trinajstić information content (AvgIpc) is 3.37. The Balaban J connectivity index is 1.75. The number of nitrogens with one attached hydrogen (secondary N) is 1. The Labute approximate surface area is 202 Å². The summed E-state index contributed by atoms with van der Waals surface area (Å²) in [5, 5.41) is 12.6. The topological polar surface area (TPSA) is 73.4 Å². The van der Waals surface area contributed by atoms with Gasteiger partial charge in [0.1, 0.15) is 5.76 Å². The van der Waals surface area contributed by atoms with E-state index in [-0.39, 0.29) is 11.3 Å². The molecular weight excluding hydrogens is 448 g/mol. The van der Waals surface area contributed by atoms with Crippen LogP contribution in [0, 0.1) is 0 Å². The Bertz CT molecular complexity index is 1450. The minimum absolute atomic E-state index is 0.0324. The Kier molecular flexibility index (Phi) is 5.50. The highest BCUT2D eigenvalue weighted by molar-refractivity contribution is 6.52. The molecule has 5 nitrogen and oxygen atoms in total. The predicted octanol–water partition coefficient (Wildman–Crippen LogP) is 6.57. The standard InChI is InChI=1S/C28H23ClN2O3/c1-16(2)17-10-12-20(13-11-17)31-25(22-15-30-23-9-4-3-8-21(22)23)24(27(33)28(31)34)26(32)18-6-5-7-19(29)14-18/h3-16,25,30,32H,1-2H3/b26-24+. The first-order valence-corrected chi connectivity index (χ1v) is 11.5. The van der Waals surface area contributed by atoms with Crippen LogP contribution in [0.25, 0.3) is 16.7 Å². The first kappa shape index (κ1) is 22.0. The summed E-state index contributed by atoms with van der Waals surface area (Å²) in [4.78, 5) is 31.4. The fourth-order valence-corrected chi connectivity index (χ4v) is 4.71. The number of aromatic nitrogens is 1. The lowest BCUT2D eigenvalue weighted by atomic mass is 9.94. The van der Waals surface area contributed by atoms with Gasteiger partial charge in [0.25, 0.3) is 11.7 Å². The van der Waals surface area contributed by atoms with E-state index in [1.165, 1.54) is 4.90 Å². The van der Waals surface area contributed by atoms with Gasteiger partial charge in [-0.25, -0.2) is 0 Å². The van der Waals surface area contributed by atoms with E-state index >= 15 is 0 Å². The van der Waals surface area contributed by atoms with Crippen molar-refractivity contribution in [2.45, 2.75) is 25.8 Å². The highest BCUT2D eigenvalue weighted by Crippen LogP contribution is 2.44. The molecule has 0 bridgehead atoms. The molecule has 1 aliphatic rings. The smallest absolute Gasteiger partial charge is 0.300 e. The number of aromatic amines is 1. The first-order chi connectivity index (χ1) is 16.4. The van der Waals surface area contributed by atoms with Crippen LogP contribution in [-0.4, -0.2) is 21.8 Å². The van der Waals surface area contributed by atoms with Crippen LogP contribution in [0.3, 0.4) is 0 Å². The molecule has 0 saturated carbocycles. The fraction of sp³-hybridized carbons (Fsp3) is 0.143. The van der Waals surface area contributed by atoms with Crippen molar-refractivity contribution < 1.29 is 14.7 Å². The van der Waals surface area contributed by atoms with Crippen molar-refractivity contribution >= 4 is 45.6 Å². The Morgan fingerprint density at radius 1 is 1.00 bits per heavy atom. The highest BCUT2D eigenvalue weighted by atomic mass is 35.5. The number of para-hydroxylation sites is 1. The van der Waals surface area contributed by atoms with Crippen LogP contribution in [0.5, 0.6) is 0 Å². The summed E-state index contributed by atoms with van der Waals surface area (Å²) in [5.41, 5.74) is 3.73. The third-order valence-corrected chi connectivity index (χ3v) is 6.53. The SMILES string of the molecule is CC(C)c1ccc(N2C(=O)C(=O)/C(=C(/O)c3cccc(Cl)c3)C2c2c[nH]c3ccccc23)cc1. The Morgan fingerprint density at radius 3 is 2.44 bits per heavy atom. The van der Waals surface area contributed by atoms with Crippen molar-refractivity contribution in [2.24, 2.45) is 0 Å². The van der Waals surface area contributed by atoms with E-state index in [4.69, 9.17) is 11.6 Å². The van der Waals surface area contributed by atoms with E-state index < -0.39 is 17.7 Å². The van der Waals surface area contributed by atoms with Crippen molar-refractivity contribution in [3.63, 3.8) is 0 Å². The summed E-state index contributed by atoms with van der Waals surface area (Å²) >= 11 is 6.14. The number of hydrogen-bond acceptors (Lipinski definition) is 3. The lowest BCUT2D eigenvalue weighted by Gasteiger charge is -2.25. The molecule has 2 heterocycles. The van der Waals surface area contributed by atoms with Crippen LogP contribution in [0.2, 0.25) is 5.02 Å². The van der Waals surface area contributed by atoms with Crippen LogP contribution >= 0.6 is 11.6 Å². The van der Waals surface area contributed by atoms with Crippen LogP contribution in [-0.2, 0) is 9.59 Å². The minimum atomic E-state index is -0.806. The number of hydrogen-bond donors (Lipinski definition) is 2. The van der Waals surface area contributed by atoms with Crippen LogP contribution in [0.15, 0.2) is 84.6 Å². The molecule has 3 aromatic carbocycles. The summed E-state index contributed by atoms with van der Waals surface area (Å²) in [7, 11) is 0. The minimum Gasteiger partial charge on any atom is -0.507 e. The lowest BCUT2D eigenvalue weighted by molar-refractivity contribution is -0.132. The van der Waals surface area contributed by atoms with E-state index in [1.54, 1.807) is 30.5 Å². The van der Waals surface area contributed by atoms with Gasteiger partial charge in [-0.05, 0) is 41.8 Å². The van der Waals surface area contributed by atoms with Crippen LogP contribution in [0.4, 0.5) is 5.69 Å². The predicted molar refractivity (Wildman–Crippen MR) is 135 cm³/mol. The Hall–Kier alpha value is -3.83. The molecule has 34 heavy (non-hydrogen) atoms. The van der Waals surface area contributed by atoms with Crippen molar-refractivity contribution in [2.75, 3.05) is 4.90 Å². The second kappa shape index (κ2) is 8.50. The molecule has 1 saturated heterocycles. The van der Waals surface area contributed by atoms with Gasteiger partial charge in [0.05, 0.1) is 11.6 Å². The fourth-order valence-electron chi connectivity index (χ4n) is 4.52. The normalized spacial score (nSPS) is 17.8. The number of aliphatic hydroxyl groups is 1. The van der Waals surface area contributed by atoms with Gasteiger partial charge in [-0.3, -0.25) is 14.5 Å². The highest BCUT2D eigenvalue weighted by Gasteiger charge is 2.47. The molecule has 2 N–H and O–H groups in total. The van der Waals surface area contributed by atoms with Crippen LogP contribution < -0.4 is 4.90 Å². The molecule has 1 atom stereocenters. The number of anilines is 1. The summed E-state index contributed by atoms with van der Waals surface area (Å²) in [6, 6.07) is 21.1. The molecule has 1 unspecified atom stereocenters. The van der Waals surface area contributed by atoms with Gasteiger partial charge < -0.3 is 10.1 Å². The van der Waals surface area contributed by atoms with Gasteiger partial charge >= 0.3 is 0 Å².